The number of carbonyl (C=O) groups excluding carboxylic acids is 1. The monoisotopic (exact) mass is 265 g/mol. The van der Waals surface area contributed by atoms with Crippen molar-refractivity contribution in [3.63, 3.8) is 0 Å². The van der Waals surface area contributed by atoms with Crippen LogP contribution in [0.4, 0.5) is 0 Å². The van der Waals surface area contributed by atoms with Crippen LogP contribution in [0.3, 0.4) is 0 Å². The number of nitrogens with two attached hydrogens (primary N) is 1. The molecule has 2 rings (SSSR count). The van der Waals surface area contributed by atoms with Gasteiger partial charge in [0.2, 0.25) is 0 Å². The minimum atomic E-state index is -0.173. The van der Waals surface area contributed by atoms with Crippen LogP contribution in [0.1, 0.15) is 65.7 Å². The largest absolute Gasteiger partial charge is 0.329 e. The molecular weight excluding hydrogens is 234 g/mol. The summed E-state index contributed by atoms with van der Waals surface area (Å²) in [4.78, 5) is 13.0. The van der Waals surface area contributed by atoms with E-state index in [0.29, 0.717) is 24.2 Å². The standard InChI is InChI=1S/C17H31NO/c1-12-4-6-17(11-18,7-5-12)16(19)15-9-13(2)8-14(3)10-15/h12-15H,4-11,18H2,1-3H3. The second kappa shape index (κ2) is 5.95. The van der Waals surface area contributed by atoms with Crippen LogP contribution in [0.25, 0.3) is 0 Å². The van der Waals surface area contributed by atoms with Crippen molar-refractivity contribution in [2.24, 2.45) is 34.8 Å². The van der Waals surface area contributed by atoms with Crippen molar-refractivity contribution < 1.29 is 4.79 Å². The summed E-state index contributed by atoms with van der Waals surface area (Å²) in [7, 11) is 0. The molecule has 0 heterocycles. The first kappa shape index (κ1) is 15.0. The Hall–Kier alpha value is -0.370. The van der Waals surface area contributed by atoms with Crippen molar-refractivity contribution in [1.29, 1.82) is 0 Å². The summed E-state index contributed by atoms with van der Waals surface area (Å²) in [5.74, 6) is 2.98. The molecule has 2 heteroatoms. The van der Waals surface area contributed by atoms with Gasteiger partial charge in [0.1, 0.15) is 5.78 Å². The molecular formula is C17H31NO. The van der Waals surface area contributed by atoms with E-state index >= 15 is 0 Å². The first-order valence-electron chi connectivity index (χ1n) is 8.21. The fourth-order valence-corrected chi connectivity index (χ4v) is 4.46. The predicted octanol–water partition coefficient (Wildman–Crippen LogP) is 3.78. The minimum absolute atomic E-state index is 0.173. The zero-order chi connectivity index (χ0) is 14.0. The summed E-state index contributed by atoms with van der Waals surface area (Å²) in [5.41, 5.74) is 5.87. The summed E-state index contributed by atoms with van der Waals surface area (Å²) < 4.78 is 0. The zero-order valence-electron chi connectivity index (χ0n) is 13.0. The molecule has 0 saturated heterocycles. The summed E-state index contributed by atoms with van der Waals surface area (Å²) >= 11 is 0. The molecule has 0 aliphatic heterocycles. The highest BCUT2D eigenvalue weighted by Gasteiger charge is 2.44. The average Bonchev–Trinajstić information content (AvgIpc) is 2.38. The SMILES string of the molecule is CC1CCC(CN)(C(=O)C2CC(C)CC(C)C2)CC1. The molecule has 2 unspecified atom stereocenters. The third-order valence-corrected chi connectivity index (χ3v) is 5.69. The number of ketones is 1. The second-order valence-corrected chi connectivity index (χ2v) is 7.65. The molecule has 0 spiro atoms. The van der Waals surface area contributed by atoms with E-state index < -0.39 is 0 Å². The maximum atomic E-state index is 13.0. The molecule has 2 N–H and O–H groups in total. The predicted molar refractivity (Wildman–Crippen MR) is 79.8 cm³/mol. The molecule has 110 valence electrons. The van der Waals surface area contributed by atoms with Gasteiger partial charge in [0.05, 0.1) is 0 Å². The third-order valence-electron chi connectivity index (χ3n) is 5.69. The van der Waals surface area contributed by atoms with Crippen molar-refractivity contribution in [3.8, 4) is 0 Å². The zero-order valence-corrected chi connectivity index (χ0v) is 13.0. The van der Waals surface area contributed by atoms with Crippen LogP contribution in [-0.4, -0.2) is 12.3 Å². The van der Waals surface area contributed by atoms with E-state index in [0.717, 1.165) is 31.6 Å². The summed E-state index contributed by atoms with van der Waals surface area (Å²) in [5, 5.41) is 0. The third kappa shape index (κ3) is 3.21. The Kier molecular flexibility index (Phi) is 4.70. The molecule has 19 heavy (non-hydrogen) atoms. The van der Waals surface area contributed by atoms with Gasteiger partial charge in [0, 0.05) is 17.9 Å². The minimum Gasteiger partial charge on any atom is -0.329 e. The van der Waals surface area contributed by atoms with Gasteiger partial charge in [-0.2, -0.15) is 0 Å². The Morgan fingerprint density at radius 2 is 1.53 bits per heavy atom. The number of Topliss-reactive ketones (excluding diaryl/α,β-unsaturated/α-hetero) is 1. The highest BCUT2D eigenvalue weighted by Crippen LogP contribution is 2.44. The molecule has 0 bridgehead atoms. The number of hydrogen-bond acceptors (Lipinski definition) is 2. The van der Waals surface area contributed by atoms with Gasteiger partial charge >= 0.3 is 0 Å². The van der Waals surface area contributed by atoms with Gasteiger partial charge in [-0.1, -0.05) is 20.8 Å². The van der Waals surface area contributed by atoms with Gasteiger partial charge in [-0.3, -0.25) is 4.79 Å². The molecule has 0 aromatic rings. The lowest BCUT2D eigenvalue weighted by atomic mass is 9.62. The van der Waals surface area contributed by atoms with Crippen molar-refractivity contribution in [3.05, 3.63) is 0 Å². The smallest absolute Gasteiger partial charge is 0.143 e. The Bertz CT molecular complexity index is 307. The van der Waals surface area contributed by atoms with Crippen molar-refractivity contribution >= 4 is 5.78 Å². The lowest BCUT2D eigenvalue weighted by molar-refractivity contribution is -0.136. The Labute approximate surface area is 118 Å². The van der Waals surface area contributed by atoms with Crippen LogP contribution >= 0.6 is 0 Å². The van der Waals surface area contributed by atoms with E-state index in [2.05, 4.69) is 20.8 Å². The summed E-state index contributed by atoms with van der Waals surface area (Å²) in [6.07, 6.45) is 7.91. The molecule has 0 aromatic carbocycles. The van der Waals surface area contributed by atoms with Gasteiger partial charge in [-0.05, 0) is 62.7 Å². The van der Waals surface area contributed by atoms with Gasteiger partial charge in [0.15, 0.2) is 0 Å². The molecule has 0 aromatic heterocycles. The van der Waals surface area contributed by atoms with Crippen LogP contribution in [0, 0.1) is 29.1 Å². The van der Waals surface area contributed by atoms with Crippen LogP contribution in [0.5, 0.6) is 0 Å². The lowest BCUT2D eigenvalue weighted by Gasteiger charge is -2.42. The molecule has 2 aliphatic carbocycles. The van der Waals surface area contributed by atoms with Crippen LogP contribution < -0.4 is 5.73 Å². The summed E-state index contributed by atoms with van der Waals surface area (Å²) in [6.45, 7) is 7.47. The number of hydrogen-bond donors (Lipinski definition) is 1. The Morgan fingerprint density at radius 3 is 2.00 bits per heavy atom. The van der Waals surface area contributed by atoms with Crippen molar-refractivity contribution in [2.45, 2.75) is 65.7 Å². The van der Waals surface area contributed by atoms with Gasteiger partial charge < -0.3 is 5.73 Å². The van der Waals surface area contributed by atoms with E-state index in [1.165, 1.54) is 19.3 Å². The van der Waals surface area contributed by atoms with E-state index in [1.807, 2.05) is 0 Å². The highest BCUT2D eigenvalue weighted by molar-refractivity contribution is 5.87. The van der Waals surface area contributed by atoms with E-state index in [1.54, 1.807) is 0 Å². The van der Waals surface area contributed by atoms with Crippen molar-refractivity contribution in [1.82, 2.24) is 0 Å². The average molecular weight is 265 g/mol. The van der Waals surface area contributed by atoms with Gasteiger partial charge in [0.25, 0.3) is 0 Å². The molecule has 2 nitrogen and oxygen atoms in total. The Morgan fingerprint density at radius 1 is 1.00 bits per heavy atom. The summed E-state index contributed by atoms with van der Waals surface area (Å²) in [6, 6.07) is 0. The highest BCUT2D eigenvalue weighted by atomic mass is 16.1. The van der Waals surface area contributed by atoms with E-state index in [4.69, 9.17) is 5.73 Å². The molecule has 2 saturated carbocycles. The molecule has 0 amide bonds. The van der Waals surface area contributed by atoms with Gasteiger partial charge in [-0.15, -0.1) is 0 Å². The van der Waals surface area contributed by atoms with E-state index in [-0.39, 0.29) is 11.3 Å². The van der Waals surface area contributed by atoms with Crippen molar-refractivity contribution in [2.75, 3.05) is 6.54 Å². The van der Waals surface area contributed by atoms with Crippen LogP contribution in [0.15, 0.2) is 0 Å². The van der Waals surface area contributed by atoms with Gasteiger partial charge in [-0.25, -0.2) is 0 Å². The quantitative estimate of drug-likeness (QED) is 0.844. The normalized spacial score (nSPS) is 44.0. The van der Waals surface area contributed by atoms with Crippen LogP contribution in [0.2, 0.25) is 0 Å². The first-order chi connectivity index (χ1) is 8.97. The fraction of sp³-hybridized carbons (Fsp3) is 0.941. The van der Waals surface area contributed by atoms with Crippen LogP contribution in [-0.2, 0) is 4.79 Å². The Balaban J connectivity index is 2.08. The molecule has 2 aliphatic rings. The molecule has 2 atom stereocenters. The lowest BCUT2D eigenvalue weighted by Crippen LogP contribution is -2.46. The topological polar surface area (TPSA) is 43.1 Å². The molecule has 2 fully saturated rings. The fourth-order valence-electron chi connectivity index (χ4n) is 4.46. The first-order valence-corrected chi connectivity index (χ1v) is 8.21. The number of carbonyl (C=O) groups is 1. The second-order valence-electron chi connectivity index (χ2n) is 7.65. The maximum Gasteiger partial charge on any atom is 0.143 e. The molecule has 0 radical (unpaired) electrons. The van der Waals surface area contributed by atoms with E-state index in [9.17, 15) is 4.79 Å². The number of rotatable bonds is 3. The maximum absolute atomic E-state index is 13.0.